The molecule has 0 radical (unpaired) electrons. The molecule has 1 heterocycles. The minimum atomic E-state index is -0.852. The van der Waals surface area contributed by atoms with E-state index in [1.807, 2.05) is 29.7 Å². The molecule has 0 aromatic carbocycles. The zero-order valence-corrected chi connectivity index (χ0v) is 11.3. The molecule has 2 bridgehead atoms. The average Bonchev–Trinajstić information content (AvgIpc) is 3.10. The number of aliphatic carboxylic acids is 1. The van der Waals surface area contributed by atoms with Crippen LogP contribution in [0, 0.1) is 23.7 Å². The van der Waals surface area contributed by atoms with Crippen LogP contribution >= 0.6 is 11.3 Å². The summed E-state index contributed by atoms with van der Waals surface area (Å²) < 4.78 is 0. The highest BCUT2D eigenvalue weighted by Gasteiger charge is 2.52. The van der Waals surface area contributed by atoms with Crippen LogP contribution < -0.4 is 4.90 Å². The van der Waals surface area contributed by atoms with Crippen molar-refractivity contribution in [1.29, 1.82) is 0 Å². The molecule has 100 valence electrons. The summed E-state index contributed by atoms with van der Waals surface area (Å²) in [4.78, 5) is 25.6. The molecule has 1 aromatic rings. The lowest BCUT2D eigenvalue weighted by atomic mass is 9.82. The number of carboxylic acid groups (broad SMARTS) is 1. The minimum absolute atomic E-state index is 0.0215. The predicted octanol–water partition coefficient (Wildman–Crippen LogP) is 2.23. The molecule has 1 saturated carbocycles. The molecule has 0 saturated heterocycles. The number of rotatable bonds is 3. The van der Waals surface area contributed by atoms with Gasteiger partial charge in [-0.2, -0.15) is 0 Å². The fourth-order valence-corrected chi connectivity index (χ4v) is 3.99. The Balaban J connectivity index is 1.87. The van der Waals surface area contributed by atoms with Gasteiger partial charge in [0.25, 0.3) is 0 Å². The van der Waals surface area contributed by atoms with Crippen molar-refractivity contribution in [1.82, 2.24) is 0 Å². The van der Waals surface area contributed by atoms with Gasteiger partial charge in [-0.05, 0) is 35.8 Å². The summed E-state index contributed by atoms with van der Waals surface area (Å²) in [7, 11) is 1.72. The van der Waals surface area contributed by atoms with Crippen molar-refractivity contribution in [2.45, 2.75) is 6.42 Å². The molecule has 0 spiro atoms. The Labute approximate surface area is 115 Å². The second-order valence-electron chi connectivity index (χ2n) is 5.19. The van der Waals surface area contributed by atoms with Gasteiger partial charge in [0.1, 0.15) is 0 Å². The summed E-state index contributed by atoms with van der Waals surface area (Å²) >= 11 is 1.49. The lowest BCUT2D eigenvalue weighted by molar-refractivity contribution is -0.147. The summed E-state index contributed by atoms with van der Waals surface area (Å²) in [5.41, 5.74) is 0. The van der Waals surface area contributed by atoms with Crippen LogP contribution in [0.25, 0.3) is 0 Å². The Hall–Kier alpha value is -1.62. The molecule has 3 rings (SSSR count). The van der Waals surface area contributed by atoms with E-state index in [0.29, 0.717) is 0 Å². The van der Waals surface area contributed by atoms with E-state index < -0.39 is 17.8 Å². The quantitative estimate of drug-likeness (QED) is 0.862. The van der Waals surface area contributed by atoms with Gasteiger partial charge in [0.2, 0.25) is 5.91 Å². The Morgan fingerprint density at radius 2 is 2.00 bits per heavy atom. The summed E-state index contributed by atoms with van der Waals surface area (Å²) in [5, 5.41) is 12.1. The maximum absolute atomic E-state index is 12.6. The number of carboxylic acids is 1. The van der Waals surface area contributed by atoms with Crippen molar-refractivity contribution >= 4 is 28.2 Å². The molecule has 0 unspecified atom stereocenters. The molecule has 2 aliphatic carbocycles. The number of hydrogen-bond acceptors (Lipinski definition) is 3. The van der Waals surface area contributed by atoms with E-state index in [-0.39, 0.29) is 17.7 Å². The number of nitrogens with zero attached hydrogens (tertiary/aromatic N) is 1. The molecule has 4 nitrogen and oxygen atoms in total. The largest absolute Gasteiger partial charge is 0.481 e. The van der Waals surface area contributed by atoms with Crippen LogP contribution in [0.5, 0.6) is 0 Å². The third kappa shape index (κ3) is 1.89. The molecule has 1 N–H and O–H groups in total. The number of carbonyl (C=O) groups excluding carboxylic acids is 1. The van der Waals surface area contributed by atoms with Crippen molar-refractivity contribution in [3.8, 4) is 0 Å². The fraction of sp³-hybridized carbons (Fsp3) is 0.429. The van der Waals surface area contributed by atoms with Gasteiger partial charge < -0.3 is 10.0 Å². The standard InChI is InChI=1S/C14H15NO3S/c1-15(10-3-2-6-19-10)13(16)11-8-4-5-9(7-8)12(11)14(17)18/h2-6,8-9,11-12H,7H2,1H3,(H,17,18)/t8-,9+,11-,12-/m0/s1. The second-order valence-corrected chi connectivity index (χ2v) is 6.11. The van der Waals surface area contributed by atoms with Crippen molar-refractivity contribution in [2.24, 2.45) is 23.7 Å². The van der Waals surface area contributed by atoms with Gasteiger partial charge in [0.05, 0.1) is 16.8 Å². The topological polar surface area (TPSA) is 57.6 Å². The molecular formula is C14H15NO3S. The number of allylic oxidation sites excluding steroid dienone is 2. The SMILES string of the molecule is CN(C(=O)[C@@H]1[C@@H](C(=O)O)[C@@H]2C=C[C@H]1C2)c1cccs1. The Morgan fingerprint density at radius 1 is 1.32 bits per heavy atom. The van der Waals surface area contributed by atoms with Crippen LogP contribution in [0.15, 0.2) is 29.7 Å². The van der Waals surface area contributed by atoms with Gasteiger partial charge >= 0.3 is 5.97 Å². The molecule has 5 heteroatoms. The maximum Gasteiger partial charge on any atom is 0.307 e. The van der Waals surface area contributed by atoms with Gasteiger partial charge in [-0.25, -0.2) is 0 Å². The smallest absolute Gasteiger partial charge is 0.307 e. The third-order valence-electron chi connectivity index (χ3n) is 4.20. The molecule has 19 heavy (non-hydrogen) atoms. The highest BCUT2D eigenvalue weighted by Crippen LogP contribution is 2.49. The van der Waals surface area contributed by atoms with E-state index in [4.69, 9.17) is 0 Å². The van der Waals surface area contributed by atoms with Crippen molar-refractivity contribution in [3.05, 3.63) is 29.7 Å². The summed E-state index contributed by atoms with van der Waals surface area (Å²) in [6.07, 6.45) is 4.76. The molecule has 0 aliphatic heterocycles. The second kappa shape index (κ2) is 4.49. The summed E-state index contributed by atoms with van der Waals surface area (Å²) in [5.74, 6) is -1.81. The highest BCUT2D eigenvalue weighted by atomic mass is 32.1. The zero-order chi connectivity index (χ0) is 13.6. The van der Waals surface area contributed by atoms with Crippen LogP contribution in [0.1, 0.15) is 6.42 Å². The average molecular weight is 277 g/mol. The molecule has 1 aromatic heterocycles. The summed E-state index contributed by atoms with van der Waals surface area (Å²) in [6, 6.07) is 3.76. The van der Waals surface area contributed by atoms with Crippen molar-refractivity contribution in [2.75, 3.05) is 11.9 Å². The predicted molar refractivity (Wildman–Crippen MR) is 73.1 cm³/mol. The number of fused-ring (bicyclic) bond motifs is 2. The molecule has 1 amide bonds. The first-order valence-electron chi connectivity index (χ1n) is 6.32. The van der Waals surface area contributed by atoms with Crippen LogP contribution in [0.4, 0.5) is 5.00 Å². The maximum atomic E-state index is 12.6. The monoisotopic (exact) mass is 277 g/mol. The Kier molecular flexibility index (Phi) is 2.93. The molecular weight excluding hydrogens is 262 g/mol. The highest BCUT2D eigenvalue weighted by molar-refractivity contribution is 7.14. The van der Waals surface area contributed by atoms with Gasteiger partial charge in [-0.1, -0.05) is 12.2 Å². The lowest BCUT2D eigenvalue weighted by Gasteiger charge is -2.27. The lowest BCUT2D eigenvalue weighted by Crippen LogP contribution is -2.41. The van der Waals surface area contributed by atoms with Gasteiger partial charge in [-0.15, -0.1) is 11.3 Å². The zero-order valence-electron chi connectivity index (χ0n) is 10.5. The van der Waals surface area contributed by atoms with Crippen LogP contribution in [-0.2, 0) is 9.59 Å². The van der Waals surface area contributed by atoms with Crippen LogP contribution in [0.2, 0.25) is 0 Å². The van der Waals surface area contributed by atoms with E-state index in [9.17, 15) is 14.7 Å². The Morgan fingerprint density at radius 3 is 2.58 bits per heavy atom. The number of carbonyl (C=O) groups is 2. The normalized spacial score (nSPS) is 31.6. The molecule has 2 aliphatic rings. The Bertz CT molecular complexity index is 537. The number of amides is 1. The van der Waals surface area contributed by atoms with Crippen molar-refractivity contribution < 1.29 is 14.7 Å². The number of hydrogen-bond donors (Lipinski definition) is 1. The minimum Gasteiger partial charge on any atom is -0.481 e. The van der Waals surface area contributed by atoms with Crippen LogP contribution in [-0.4, -0.2) is 24.0 Å². The van der Waals surface area contributed by atoms with E-state index in [0.717, 1.165) is 11.4 Å². The number of thiophene rings is 1. The van der Waals surface area contributed by atoms with Gasteiger partial charge in [0.15, 0.2) is 0 Å². The van der Waals surface area contributed by atoms with E-state index in [1.165, 1.54) is 11.3 Å². The molecule has 1 fully saturated rings. The van der Waals surface area contributed by atoms with E-state index in [1.54, 1.807) is 11.9 Å². The van der Waals surface area contributed by atoms with Crippen molar-refractivity contribution in [3.63, 3.8) is 0 Å². The van der Waals surface area contributed by atoms with Crippen LogP contribution in [0.3, 0.4) is 0 Å². The fourth-order valence-electron chi connectivity index (χ4n) is 3.29. The van der Waals surface area contributed by atoms with E-state index >= 15 is 0 Å². The van der Waals surface area contributed by atoms with E-state index in [2.05, 4.69) is 0 Å². The van der Waals surface area contributed by atoms with Gasteiger partial charge in [-0.3, -0.25) is 9.59 Å². The first kappa shape index (κ1) is 12.4. The third-order valence-corrected chi connectivity index (χ3v) is 5.14. The first-order valence-corrected chi connectivity index (χ1v) is 7.19. The summed E-state index contributed by atoms with van der Waals surface area (Å²) in [6.45, 7) is 0. The molecule has 4 atom stereocenters. The van der Waals surface area contributed by atoms with Gasteiger partial charge in [0, 0.05) is 7.05 Å². The number of anilines is 1. The first-order chi connectivity index (χ1) is 9.09.